The average Bonchev–Trinajstić information content (AvgIpc) is 2.17. The van der Waals surface area contributed by atoms with E-state index in [1.54, 1.807) is 12.1 Å². The second kappa shape index (κ2) is 4.24. The lowest BCUT2D eigenvalue weighted by Crippen LogP contribution is -2.12. The molecule has 2 nitrogen and oxygen atoms in total. The van der Waals surface area contributed by atoms with Crippen molar-refractivity contribution in [2.75, 3.05) is 0 Å². The quantitative estimate of drug-likeness (QED) is 0.415. The van der Waals surface area contributed by atoms with Crippen LogP contribution >= 0.6 is 11.6 Å². The predicted octanol–water partition coefficient (Wildman–Crippen LogP) is 1.68. The molecule has 0 amide bonds. The molecule has 0 aliphatic heterocycles. The number of hydrogen-bond donors (Lipinski definition) is 0. The third-order valence-electron chi connectivity index (χ3n) is 1.55. The van der Waals surface area contributed by atoms with Gasteiger partial charge in [-0.05, 0) is 30.6 Å². The maximum Gasteiger partial charge on any atom is 0.227 e. The zero-order valence-corrected chi connectivity index (χ0v) is 7.54. The third-order valence-corrected chi connectivity index (χ3v) is 1.80. The Morgan fingerprint density at radius 3 is 2.23 bits per heavy atom. The number of hydrogen-bond acceptors (Lipinski definition) is 2. The molecule has 0 N–H and O–H groups in total. The van der Waals surface area contributed by atoms with Gasteiger partial charge in [-0.15, -0.1) is 0 Å². The maximum atomic E-state index is 11.2. The molecular weight excluding hydrogens is 186 g/mol. The van der Waals surface area contributed by atoms with Gasteiger partial charge in [0.25, 0.3) is 0 Å². The van der Waals surface area contributed by atoms with Gasteiger partial charge in [-0.2, -0.15) is 0 Å². The highest BCUT2D eigenvalue weighted by molar-refractivity contribution is 6.49. The second-order valence-electron chi connectivity index (χ2n) is 2.46. The fraction of sp³-hybridized carbons (Fsp3) is 0.111. The van der Waals surface area contributed by atoms with E-state index in [0.29, 0.717) is 10.6 Å². The lowest BCUT2D eigenvalue weighted by atomic mass is 9.95. The summed E-state index contributed by atoms with van der Waals surface area (Å²) in [4.78, 5) is 22.1. The predicted molar refractivity (Wildman–Crippen MR) is 51.4 cm³/mol. The molecule has 0 unspecified atom stereocenters. The van der Waals surface area contributed by atoms with Crippen LogP contribution in [0.4, 0.5) is 0 Å². The van der Waals surface area contributed by atoms with Gasteiger partial charge in [-0.25, -0.2) is 0 Å². The molecule has 0 atom stereocenters. The number of Topliss-reactive ketones (excluding diaryl/α,β-unsaturated/α-hetero) is 2. The first-order valence-corrected chi connectivity index (χ1v) is 4.06. The monoisotopic (exact) mass is 192 g/mol. The molecule has 0 fully saturated rings. The van der Waals surface area contributed by atoms with Crippen LogP contribution < -0.4 is 0 Å². The zero-order valence-electron chi connectivity index (χ0n) is 6.79. The third kappa shape index (κ3) is 2.42. The van der Waals surface area contributed by atoms with Gasteiger partial charge in [-0.1, -0.05) is 11.6 Å². The normalized spacial score (nSPS) is 9.62. The highest BCUT2D eigenvalue weighted by Crippen LogP contribution is 2.10. The van der Waals surface area contributed by atoms with Crippen molar-refractivity contribution in [2.45, 2.75) is 6.32 Å². The summed E-state index contributed by atoms with van der Waals surface area (Å²) in [5, 5.41) is 0.525. The van der Waals surface area contributed by atoms with Gasteiger partial charge < -0.3 is 0 Å². The van der Waals surface area contributed by atoms with Crippen molar-refractivity contribution < 1.29 is 9.59 Å². The molecule has 0 bridgehead atoms. The average molecular weight is 192 g/mol. The topological polar surface area (TPSA) is 34.1 Å². The van der Waals surface area contributed by atoms with E-state index < -0.39 is 11.6 Å². The van der Waals surface area contributed by atoms with Gasteiger partial charge in [-0.3, -0.25) is 9.59 Å². The molecule has 0 saturated heterocycles. The summed E-state index contributed by atoms with van der Waals surface area (Å²) >= 11 is 5.61. The lowest BCUT2D eigenvalue weighted by Gasteiger charge is -1.97. The number of benzene rings is 1. The summed E-state index contributed by atoms with van der Waals surface area (Å²) in [6.07, 6.45) is -0.262. The number of halogens is 1. The van der Waals surface area contributed by atoms with Crippen molar-refractivity contribution in [3.05, 3.63) is 34.9 Å². The SMILES string of the molecule is [B]CC(=O)C(=O)c1ccc(Cl)cc1. The van der Waals surface area contributed by atoms with Crippen LogP contribution in [-0.2, 0) is 4.79 Å². The van der Waals surface area contributed by atoms with Crippen LogP contribution in [0.1, 0.15) is 10.4 Å². The zero-order chi connectivity index (χ0) is 9.84. The molecule has 0 spiro atoms. The van der Waals surface area contributed by atoms with Crippen LogP contribution in [-0.4, -0.2) is 19.4 Å². The Labute approximate surface area is 82.3 Å². The highest BCUT2D eigenvalue weighted by Gasteiger charge is 2.12. The fourth-order valence-electron chi connectivity index (χ4n) is 0.855. The van der Waals surface area contributed by atoms with Crippen molar-refractivity contribution in [2.24, 2.45) is 0 Å². The Hall–Kier alpha value is -1.09. The largest absolute Gasteiger partial charge is 0.291 e. The van der Waals surface area contributed by atoms with E-state index in [2.05, 4.69) is 0 Å². The highest BCUT2D eigenvalue weighted by atomic mass is 35.5. The van der Waals surface area contributed by atoms with E-state index in [9.17, 15) is 9.59 Å². The summed E-state index contributed by atoms with van der Waals surface area (Å²) in [5.41, 5.74) is 0.319. The van der Waals surface area contributed by atoms with E-state index in [4.69, 9.17) is 19.4 Å². The minimum absolute atomic E-state index is 0.262. The molecule has 64 valence electrons. The van der Waals surface area contributed by atoms with E-state index in [-0.39, 0.29) is 6.32 Å². The second-order valence-corrected chi connectivity index (χ2v) is 2.90. The Kier molecular flexibility index (Phi) is 3.26. The Morgan fingerprint density at radius 2 is 1.77 bits per heavy atom. The lowest BCUT2D eigenvalue weighted by molar-refractivity contribution is -0.113. The minimum atomic E-state index is -0.595. The summed E-state index contributed by atoms with van der Waals surface area (Å²) in [6.45, 7) is 0. The van der Waals surface area contributed by atoms with Crippen LogP contribution in [0, 0.1) is 0 Å². The molecule has 1 aromatic carbocycles. The van der Waals surface area contributed by atoms with Crippen molar-refractivity contribution in [1.29, 1.82) is 0 Å². The Bertz CT molecular complexity index is 332. The first-order chi connectivity index (χ1) is 6.15. The molecule has 1 rings (SSSR count). The van der Waals surface area contributed by atoms with Crippen molar-refractivity contribution in [3.63, 3.8) is 0 Å². The number of rotatable bonds is 3. The molecule has 4 heteroatoms. The van der Waals surface area contributed by atoms with Gasteiger partial charge >= 0.3 is 0 Å². The summed E-state index contributed by atoms with van der Waals surface area (Å²) in [7, 11) is 5.04. The van der Waals surface area contributed by atoms with E-state index in [0.717, 1.165) is 0 Å². The van der Waals surface area contributed by atoms with Gasteiger partial charge in [0.05, 0.1) is 7.85 Å². The van der Waals surface area contributed by atoms with Gasteiger partial charge in [0.2, 0.25) is 5.78 Å². The summed E-state index contributed by atoms with van der Waals surface area (Å²) in [5.74, 6) is -1.17. The molecule has 0 aromatic heterocycles. The van der Waals surface area contributed by atoms with Crippen molar-refractivity contribution in [1.82, 2.24) is 0 Å². The molecule has 13 heavy (non-hydrogen) atoms. The molecular formula is C9H6BClO2. The summed E-state index contributed by atoms with van der Waals surface area (Å²) < 4.78 is 0. The Balaban J connectivity index is 2.90. The number of carbonyl (C=O) groups is 2. The van der Waals surface area contributed by atoms with Gasteiger partial charge in [0.1, 0.15) is 0 Å². The standard InChI is InChI=1S/C9H6BClO2/c10-5-8(12)9(13)6-1-3-7(11)4-2-6/h1-4H,5H2. The molecule has 0 heterocycles. The molecule has 2 radical (unpaired) electrons. The van der Waals surface area contributed by atoms with Crippen LogP contribution in [0.3, 0.4) is 0 Å². The van der Waals surface area contributed by atoms with Gasteiger partial charge in [0, 0.05) is 10.6 Å². The first-order valence-electron chi connectivity index (χ1n) is 3.68. The Morgan fingerprint density at radius 1 is 1.23 bits per heavy atom. The molecule has 0 aliphatic carbocycles. The van der Waals surface area contributed by atoms with Gasteiger partial charge in [0.15, 0.2) is 5.78 Å². The fourth-order valence-corrected chi connectivity index (χ4v) is 0.981. The molecule has 0 saturated carbocycles. The maximum absolute atomic E-state index is 11.2. The van der Waals surface area contributed by atoms with Crippen molar-refractivity contribution >= 4 is 31.0 Å². The van der Waals surface area contributed by atoms with E-state index in [1.807, 2.05) is 0 Å². The molecule has 0 aliphatic rings. The van der Waals surface area contributed by atoms with Crippen LogP contribution in [0.2, 0.25) is 11.3 Å². The number of carbonyl (C=O) groups excluding carboxylic acids is 2. The van der Waals surface area contributed by atoms with Crippen LogP contribution in [0.25, 0.3) is 0 Å². The molecule has 1 aromatic rings. The van der Waals surface area contributed by atoms with Crippen molar-refractivity contribution in [3.8, 4) is 0 Å². The van der Waals surface area contributed by atoms with Crippen LogP contribution in [0.15, 0.2) is 24.3 Å². The number of ketones is 2. The van der Waals surface area contributed by atoms with Crippen LogP contribution in [0.5, 0.6) is 0 Å². The summed E-state index contributed by atoms with van der Waals surface area (Å²) in [6, 6.07) is 6.10. The minimum Gasteiger partial charge on any atom is -0.291 e. The van der Waals surface area contributed by atoms with E-state index >= 15 is 0 Å². The smallest absolute Gasteiger partial charge is 0.227 e. The first kappa shape index (κ1) is 10.00. The van der Waals surface area contributed by atoms with E-state index in [1.165, 1.54) is 12.1 Å².